The number of ether oxygens (including phenoxy) is 1. The van der Waals surface area contributed by atoms with Gasteiger partial charge in [-0.15, -0.1) is 0 Å². The third-order valence-corrected chi connectivity index (χ3v) is 1.83. The minimum Gasteiger partial charge on any atom is -0.478 e. The summed E-state index contributed by atoms with van der Waals surface area (Å²) in [6.45, 7) is 2.93. The number of aliphatic carboxylic acids is 1. The highest BCUT2D eigenvalue weighted by Gasteiger charge is 2.23. The lowest BCUT2D eigenvalue weighted by Crippen LogP contribution is -2.26. The normalized spacial score (nSPS) is 12.3. The molecule has 2 N–H and O–H groups in total. The second kappa shape index (κ2) is 4.81. The van der Waals surface area contributed by atoms with Crippen molar-refractivity contribution in [1.82, 2.24) is 0 Å². The van der Waals surface area contributed by atoms with E-state index in [1.807, 2.05) is 6.07 Å². The summed E-state index contributed by atoms with van der Waals surface area (Å²) in [5.41, 5.74) is -1.34. The molecule has 0 aromatic heterocycles. The van der Waals surface area contributed by atoms with E-state index in [4.69, 9.17) is 9.84 Å². The molecule has 0 atom stereocenters. The predicted octanol–water partition coefficient (Wildman–Crippen LogP) is 1.80. The van der Waals surface area contributed by atoms with E-state index < -0.39 is 11.6 Å². The lowest BCUT2D eigenvalue weighted by molar-refractivity contribution is -0.131. The number of rotatable bonds is 4. The van der Waals surface area contributed by atoms with Gasteiger partial charge in [0.05, 0.1) is 6.08 Å². The molecule has 0 aliphatic heterocycles. The van der Waals surface area contributed by atoms with Crippen LogP contribution in [-0.2, 0) is 4.79 Å². The first-order chi connectivity index (χ1) is 7.39. The highest BCUT2D eigenvalue weighted by Crippen LogP contribution is 2.21. The Morgan fingerprint density at radius 3 is 2.31 bits per heavy atom. The number of hydrogen-bond acceptors (Lipinski definition) is 3. The second-order valence-corrected chi connectivity index (χ2v) is 3.82. The molecule has 1 rings (SSSR count). The Bertz CT molecular complexity index is 387. The summed E-state index contributed by atoms with van der Waals surface area (Å²) in [4.78, 5) is 10.6. The summed E-state index contributed by atoms with van der Waals surface area (Å²) in [5.74, 6) is -0.684. The summed E-state index contributed by atoms with van der Waals surface area (Å²) in [5, 5.41) is 18.4. The maximum absolute atomic E-state index is 10.6. The van der Waals surface area contributed by atoms with Gasteiger partial charge in [-0.25, -0.2) is 4.79 Å². The van der Waals surface area contributed by atoms with Crippen molar-refractivity contribution in [2.45, 2.75) is 19.4 Å². The first-order valence-electron chi connectivity index (χ1n) is 4.80. The van der Waals surface area contributed by atoms with Crippen molar-refractivity contribution in [3.8, 4) is 5.75 Å². The SMILES string of the molecule is CC(C)(O)/C(=C\C(=O)O)Oc1ccccc1. The maximum Gasteiger partial charge on any atom is 0.331 e. The van der Waals surface area contributed by atoms with E-state index in [9.17, 15) is 9.90 Å². The average molecular weight is 222 g/mol. The Kier molecular flexibility index (Phi) is 3.68. The van der Waals surface area contributed by atoms with Crippen molar-refractivity contribution in [3.05, 3.63) is 42.2 Å². The number of benzene rings is 1. The molecule has 0 saturated carbocycles. The molecule has 86 valence electrons. The standard InChI is InChI=1S/C12H14O4/c1-12(2,15)10(8-11(13)14)16-9-6-4-3-5-7-9/h3-8,15H,1-2H3,(H,13,14)/b10-8+. The van der Waals surface area contributed by atoms with Crippen LogP contribution in [0.15, 0.2) is 42.2 Å². The van der Waals surface area contributed by atoms with Crippen LogP contribution in [0.2, 0.25) is 0 Å². The Labute approximate surface area is 93.8 Å². The van der Waals surface area contributed by atoms with Crippen molar-refractivity contribution in [1.29, 1.82) is 0 Å². The van der Waals surface area contributed by atoms with Gasteiger partial charge in [0.25, 0.3) is 0 Å². The number of aliphatic hydroxyl groups is 1. The average Bonchev–Trinajstić information content (AvgIpc) is 2.16. The number of carboxylic acid groups (broad SMARTS) is 1. The van der Waals surface area contributed by atoms with Crippen LogP contribution >= 0.6 is 0 Å². The topological polar surface area (TPSA) is 66.8 Å². The minimum absolute atomic E-state index is 0.00815. The van der Waals surface area contributed by atoms with Crippen LogP contribution < -0.4 is 4.74 Å². The van der Waals surface area contributed by atoms with E-state index in [1.165, 1.54) is 13.8 Å². The number of para-hydroxylation sites is 1. The largest absolute Gasteiger partial charge is 0.478 e. The third kappa shape index (κ3) is 3.74. The fourth-order valence-electron chi connectivity index (χ4n) is 1.06. The van der Waals surface area contributed by atoms with Gasteiger partial charge in [0, 0.05) is 0 Å². The van der Waals surface area contributed by atoms with Crippen LogP contribution in [0.4, 0.5) is 0 Å². The van der Waals surface area contributed by atoms with Crippen molar-refractivity contribution in [2.75, 3.05) is 0 Å². The second-order valence-electron chi connectivity index (χ2n) is 3.82. The molecule has 0 amide bonds. The smallest absolute Gasteiger partial charge is 0.331 e. The Balaban J connectivity index is 2.93. The Hall–Kier alpha value is -1.81. The summed E-state index contributed by atoms with van der Waals surface area (Å²) >= 11 is 0. The van der Waals surface area contributed by atoms with Gasteiger partial charge in [0.15, 0.2) is 0 Å². The molecule has 0 aliphatic carbocycles. The zero-order chi connectivity index (χ0) is 12.2. The van der Waals surface area contributed by atoms with Gasteiger partial charge >= 0.3 is 5.97 Å². The maximum atomic E-state index is 10.6. The van der Waals surface area contributed by atoms with E-state index >= 15 is 0 Å². The van der Waals surface area contributed by atoms with Gasteiger partial charge in [-0.2, -0.15) is 0 Å². The van der Waals surface area contributed by atoms with E-state index in [2.05, 4.69) is 0 Å². The fourth-order valence-corrected chi connectivity index (χ4v) is 1.06. The number of carbonyl (C=O) groups is 1. The van der Waals surface area contributed by atoms with Crippen LogP contribution in [0.5, 0.6) is 5.75 Å². The molecule has 0 bridgehead atoms. The van der Waals surface area contributed by atoms with E-state index in [-0.39, 0.29) is 5.76 Å². The van der Waals surface area contributed by atoms with Crippen molar-refractivity contribution in [2.24, 2.45) is 0 Å². The van der Waals surface area contributed by atoms with Crippen molar-refractivity contribution >= 4 is 5.97 Å². The zero-order valence-electron chi connectivity index (χ0n) is 9.18. The van der Waals surface area contributed by atoms with Crippen molar-refractivity contribution < 1.29 is 19.7 Å². The predicted molar refractivity (Wildman–Crippen MR) is 59.1 cm³/mol. The third-order valence-electron chi connectivity index (χ3n) is 1.83. The first-order valence-corrected chi connectivity index (χ1v) is 4.80. The van der Waals surface area contributed by atoms with Gasteiger partial charge in [-0.05, 0) is 26.0 Å². The highest BCUT2D eigenvalue weighted by atomic mass is 16.5. The van der Waals surface area contributed by atoms with E-state index in [1.54, 1.807) is 24.3 Å². The lowest BCUT2D eigenvalue weighted by Gasteiger charge is -2.21. The number of carboxylic acids is 1. The molecule has 1 aromatic rings. The Morgan fingerprint density at radius 1 is 1.31 bits per heavy atom. The monoisotopic (exact) mass is 222 g/mol. The van der Waals surface area contributed by atoms with Gasteiger partial charge in [-0.3, -0.25) is 0 Å². The quantitative estimate of drug-likeness (QED) is 0.602. The van der Waals surface area contributed by atoms with Gasteiger partial charge < -0.3 is 14.9 Å². The molecule has 0 aliphatic rings. The molecule has 4 nitrogen and oxygen atoms in total. The van der Waals surface area contributed by atoms with Crippen LogP contribution in [0, 0.1) is 0 Å². The molecule has 0 unspecified atom stereocenters. The summed E-state index contributed by atoms with van der Waals surface area (Å²) in [6, 6.07) is 8.70. The summed E-state index contributed by atoms with van der Waals surface area (Å²) < 4.78 is 5.32. The molecule has 0 saturated heterocycles. The van der Waals surface area contributed by atoms with Gasteiger partial charge in [0.1, 0.15) is 17.1 Å². The fraction of sp³-hybridized carbons (Fsp3) is 0.250. The molecule has 1 aromatic carbocycles. The van der Waals surface area contributed by atoms with Crippen LogP contribution in [0.3, 0.4) is 0 Å². The van der Waals surface area contributed by atoms with Gasteiger partial charge in [-0.1, -0.05) is 18.2 Å². The van der Waals surface area contributed by atoms with Crippen LogP contribution in [-0.4, -0.2) is 21.8 Å². The molecular weight excluding hydrogens is 208 g/mol. The van der Waals surface area contributed by atoms with Crippen molar-refractivity contribution in [3.63, 3.8) is 0 Å². The molecular formula is C12H14O4. The summed E-state index contributed by atoms with van der Waals surface area (Å²) in [7, 11) is 0. The van der Waals surface area contributed by atoms with Gasteiger partial charge in [0.2, 0.25) is 0 Å². The first kappa shape index (κ1) is 12.3. The molecule has 0 fully saturated rings. The molecule has 16 heavy (non-hydrogen) atoms. The van der Waals surface area contributed by atoms with E-state index in [0.717, 1.165) is 6.08 Å². The molecule has 0 spiro atoms. The lowest BCUT2D eigenvalue weighted by atomic mass is 10.1. The molecule has 0 heterocycles. The zero-order valence-corrected chi connectivity index (χ0v) is 9.18. The minimum atomic E-state index is -1.34. The van der Waals surface area contributed by atoms with Crippen LogP contribution in [0.25, 0.3) is 0 Å². The number of hydrogen-bond donors (Lipinski definition) is 2. The van der Waals surface area contributed by atoms with Crippen LogP contribution in [0.1, 0.15) is 13.8 Å². The van der Waals surface area contributed by atoms with E-state index in [0.29, 0.717) is 5.75 Å². The molecule has 0 radical (unpaired) electrons. The molecule has 4 heteroatoms. The summed E-state index contributed by atoms with van der Waals surface area (Å²) in [6.07, 6.45) is 0.854. The highest BCUT2D eigenvalue weighted by molar-refractivity contribution is 5.80. The Morgan fingerprint density at radius 2 is 1.88 bits per heavy atom.